The molecule has 4 nitrogen and oxygen atoms in total. The van der Waals surface area contributed by atoms with Gasteiger partial charge in [0.2, 0.25) is 0 Å². The normalized spacial score (nSPS) is 17.2. The predicted octanol–water partition coefficient (Wildman–Crippen LogP) is 2.99. The Hall–Kier alpha value is -1.47. The average Bonchev–Trinajstić information content (AvgIpc) is 2.52. The van der Waals surface area contributed by atoms with Gasteiger partial charge >= 0.3 is 6.18 Å². The summed E-state index contributed by atoms with van der Waals surface area (Å²) in [6, 6.07) is 7.77. The number of piperazine rings is 1. The van der Waals surface area contributed by atoms with E-state index in [-0.39, 0.29) is 6.54 Å². The molecule has 1 saturated heterocycles. The second-order valence-corrected chi connectivity index (χ2v) is 6.17. The quantitative estimate of drug-likeness (QED) is 0.660. The SMILES string of the molecule is CN=C(NCCC(F)(F)F)N1CCN(Cc2cccc(Cl)c2)CC1. The van der Waals surface area contributed by atoms with Gasteiger partial charge in [0.15, 0.2) is 5.96 Å². The van der Waals surface area contributed by atoms with Crippen LogP contribution in [0.3, 0.4) is 0 Å². The second kappa shape index (κ2) is 8.58. The molecule has 0 amide bonds. The molecule has 1 N–H and O–H groups in total. The van der Waals surface area contributed by atoms with E-state index >= 15 is 0 Å². The van der Waals surface area contributed by atoms with Crippen molar-refractivity contribution in [2.45, 2.75) is 19.1 Å². The Morgan fingerprint density at radius 2 is 1.96 bits per heavy atom. The molecule has 1 aliphatic heterocycles. The fraction of sp³-hybridized carbons (Fsp3) is 0.562. The molecule has 0 radical (unpaired) electrons. The number of nitrogens with zero attached hydrogens (tertiary/aromatic N) is 3. The van der Waals surface area contributed by atoms with E-state index in [0.29, 0.717) is 5.96 Å². The minimum Gasteiger partial charge on any atom is -0.356 e. The molecule has 134 valence electrons. The largest absolute Gasteiger partial charge is 0.390 e. The summed E-state index contributed by atoms with van der Waals surface area (Å²) < 4.78 is 36.7. The van der Waals surface area contributed by atoms with Crippen molar-refractivity contribution < 1.29 is 13.2 Å². The number of rotatable bonds is 4. The molecule has 0 atom stereocenters. The Balaban J connectivity index is 1.78. The molecule has 2 rings (SSSR count). The van der Waals surface area contributed by atoms with Crippen molar-refractivity contribution in [1.82, 2.24) is 15.1 Å². The van der Waals surface area contributed by atoms with Crippen molar-refractivity contribution in [2.75, 3.05) is 39.8 Å². The summed E-state index contributed by atoms with van der Waals surface area (Å²) in [5.41, 5.74) is 1.16. The number of benzene rings is 1. The third-order valence-corrected chi connectivity index (χ3v) is 4.11. The maximum Gasteiger partial charge on any atom is 0.390 e. The topological polar surface area (TPSA) is 30.9 Å². The molecule has 0 unspecified atom stereocenters. The zero-order chi connectivity index (χ0) is 17.6. The van der Waals surface area contributed by atoms with E-state index in [1.807, 2.05) is 29.2 Å². The Kier molecular flexibility index (Phi) is 6.74. The van der Waals surface area contributed by atoms with Gasteiger partial charge in [0.25, 0.3) is 0 Å². The van der Waals surface area contributed by atoms with Gasteiger partial charge in [0.05, 0.1) is 6.42 Å². The molecular formula is C16H22ClF3N4. The van der Waals surface area contributed by atoms with Crippen molar-refractivity contribution in [3.63, 3.8) is 0 Å². The minimum absolute atomic E-state index is 0.154. The highest BCUT2D eigenvalue weighted by Crippen LogP contribution is 2.18. The van der Waals surface area contributed by atoms with Crippen LogP contribution in [0.4, 0.5) is 13.2 Å². The fourth-order valence-electron chi connectivity index (χ4n) is 2.66. The van der Waals surface area contributed by atoms with E-state index in [2.05, 4.69) is 15.2 Å². The van der Waals surface area contributed by atoms with Gasteiger partial charge in [-0.2, -0.15) is 13.2 Å². The van der Waals surface area contributed by atoms with E-state index < -0.39 is 12.6 Å². The van der Waals surface area contributed by atoms with Crippen LogP contribution < -0.4 is 5.32 Å². The van der Waals surface area contributed by atoms with Gasteiger partial charge in [0.1, 0.15) is 0 Å². The molecule has 1 aromatic rings. The number of alkyl halides is 3. The second-order valence-electron chi connectivity index (χ2n) is 5.73. The van der Waals surface area contributed by atoms with Crippen LogP contribution in [0.15, 0.2) is 29.3 Å². The number of hydrogen-bond acceptors (Lipinski definition) is 2. The first-order valence-electron chi connectivity index (χ1n) is 7.86. The van der Waals surface area contributed by atoms with Crippen LogP contribution >= 0.6 is 11.6 Å². The standard InChI is InChI=1S/C16H22ClF3N4/c1-21-15(22-6-5-16(18,19)20)24-9-7-23(8-10-24)12-13-3-2-4-14(17)11-13/h2-4,11H,5-10,12H2,1H3,(H,21,22). The van der Waals surface area contributed by atoms with Crippen LogP contribution in [0.2, 0.25) is 5.02 Å². The first kappa shape index (κ1) is 18.9. The van der Waals surface area contributed by atoms with E-state index in [1.54, 1.807) is 7.05 Å². The van der Waals surface area contributed by atoms with E-state index in [1.165, 1.54) is 0 Å². The van der Waals surface area contributed by atoms with Crippen LogP contribution in [-0.2, 0) is 6.54 Å². The van der Waals surface area contributed by atoms with Gasteiger partial charge in [-0.15, -0.1) is 0 Å². The Bertz CT molecular complexity index is 554. The lowest BCUT2D eigenvalue weighted by molar-refractivity contribution is -0.132. The molecule has 1 aromatic carbocycles. The van der Waals surface area contributed by atoms with Gasteiger partial charge in [-0.3, -0.25) is 9.89 Å². The number of halogens is 4. The third-order valence-electron chi connectivity index (χ3n) is 3.87. The molecule has 1 aliphatic rings. The zero-order valence-electron chi connectivity index (χ0n) is 13.6. The summed E-state index contributed by atoms with van der Waals surface area (Å²) in [4.78, 5) is 8.37. The number of nitrogens with one attached hydrogen (secondary N) is 1. The molecule has 1 fully saturated rings. The van der Waals surface area contributed by atoms with Crippen LogP contribution in [0, 0.1) is 0 Å². The highest BCUT2D eigenvalue weighted by molar-refractivity contribution is 6.30. The monoisotopic (exact) mass is 362 g/mol. The molecule has 8 heteroatoms. The Morgan fingerprint density at radius 1 is 1.25 bits per heavy atom. The molecule has 0 aromatic heterocycles. The fourth-order valence-corrected chi connectivity index (χ4v) is 2.87. The molecule has 1 heterocycles. The van der Waals surface area contributed by atoms with Gasteiger partial charge < -0.3 is 10.2 Å². The van der Waals surface area contributed by atoms with Gasteiger partial charge in [0, 0.05) is 51.3 Å². The lowest BCUT2D eigenvalue weighted by Crippen LogP contribution is -2.52. The summed E-state index contributed by atoms with van der Waals surface area (Å²) in [7, 11) is 1.59. The average molecular weight is 363 g/mol. The summed E-state index contributed by atoms with van der Waals surface area (Å²) in [5.74, 6) is 0.529. The lowest BCUT2D eigenvalue weighted by atomic mass is 10.2. The highest BCUT2D eigenvalue weighted by atomic mass is 35.5. The maximum atomic E-state index is 12.2. The molecule has 0 aliphatic carbocycles. The maximum absolute atomic E-state index is 12.2. The molecule has 0 spiro atoms. The predicted molar refractivity (Wildman–Crippen MR) is 90.3 cm³/mol. The van der Waals surface area contributed by atoms with Crippen molar-refractivity contribution >= 4 is 17.6 Å². The van der Waals surface area contributed by atoms with Crippen molar-refractivity contribution in [3.8, 4) is 0 Å². The Morgan fingerprint density at radius 3 is 2.54 bits per heavy atom. The van der Waals surface area contributed by atoms with E-state index in [0.717, 1.165) is 43.3 Å². The van der Waals surface area contributed by atoms with Gasteiger partial charge in [-0.1, -0.05) is 23.7 Å². The first-order chi connectivity index (χ1) is 11.4. The minimum atomic E-state index is -4.15. The summed E-state index contributed by atoms with van der Waals surface area (Å²) in [6.07, 6.45) is -5.01. The molecule has 24 heavy (non-hydrogen) atoms. The first-order valence-corrected chi connectivity index (χ1v) is 8.24. The molecular weight excluding hydrogens is 341 g/mol. The summed E-state index contributed by atoms with van der Waals surface area (Å²) in [6.45, 7) is 3.77. The van der Waals surface area contributed by atoms with Crippen LogP contribution in [-0.4, -0.2) is 61.7 Å². The van der Waals surface area contributed by atoms with Crippen LogP contribution in [0.25, 0.3) is 0 Å². The number of hydrogen-bond donors (Lipinski definition) is 1. The van der Waals surface area contributed by atoms with Crippen molar-refractivity contribution in [2.24, 2.45) is 4.99 Å². The van der Waals surface area contributed by atoms with Crippen LogP contribution in [0.5, 0.6) is 0 Å². The summed E-state index contributed by atoms with van der Waals surface area (Å²) in [5, 5.41) is 3.51. The third kappa shape index (κ3) is 6.20. The summed E-state index contributed by atoms with van der Waals surface area (Å²) >= 11 is 6.00. The van der Waals surface area contributed by atoms with Crippen molar-refractivity contribution in [1.29, 1.82) is 0 Å². The lowest BCUT2D eigenvalue weighted by Gasteiger charge is -2.36. The van der Waals surface area contributed by atoms with Gasteiger partial charge in [-0.05, 0) is 17.7 Å². The Labute approximate surface area is 145 Å². The van der Waals surface area contributed by atoms with Crippen molar-refractivity contribution in [3.05, 3.63) is 34.9 Å². The smallest absolute Gasteiger partial charge is 0.356 e. The molecule has 0 saturated carbocycles. The molecule has 0 bridgehead atoms. The van der Waals surface area contributed by atoms with Gasteiger partial charge in [-0.25, -0.2) is 0 Å². The van der Waals surface area contributed by atoms with Crippen LogP contribution in [0.1, 0.15) is 12.0 Å². The highest BCUT2D eigenvalue weighted by Gasteiger charge is 2.27. The number of aliphatic imine (C=N–C) groups is 1. The van der Waals surface area contributed by atoms with E-state index in [9.17, 15) is 13.2 Å². The van der Waals surface area contributed by atoms with E-state index in [4.69, 9.17) is 11.6 Å². The number of guanidine groups is 1. The zero-order valence-corrected chi connectivity index (χ0v) is 14.4.